The van der Waals surface area contributed by atoms with Gasteiger partial charge in [0.05, 0.1) is 15.9 Å². The fourth-order valence-electron chi connectivity index (χ4n) is 1.46. The van der Waals surface area contributed by atoms with E-state index >= 15 is 0 Å². The van der Waals surface area contributed by atoms with E-state index < -0.39 is 44.6 Å². The first-order chi connectivity index (χ1) is 8.55. The first-order valence-corrected chi connectivity index (χ1v) is 4.73. The summed E-state index contributed by atoms with van der Waals surface area (Å²) in [4.78, 5) is 19.1. The first kappa shape index (κ1) is 14.8. The molecule has 1 N–H and O–H groups in total. The van der Waals surface area contributed by atoms with Gasteiger partial charge in [-0.05, 0) is 6.92 Å². The number of hydrogen-bond acceptors (Lipinski definition) is 5. The summed E-state index contributed by atoms with van der Waals surface area (Å²) in [5.41, 5.74) is -3.13. The molecule has 1 rings (SSSR count). The number of halogens is 3. The van der Waals surface area contributed by atoms with Crippen LogP contribution in [0.25, 0.3) is 0 Å². The van der Waals surface area contributed by atoms with Gasteiger partial charge in [-0.25, -0.2) is 0 Å². The zero-order valence-electron chi connectivity index (χ0n) is 9.34. The Bertz CT molecular complexity index is 543. The number of non-ortho nitro benzene ring substituents is 1. The van der Waals surface area contributed by atoms with E-state index in [0.29, 0.717) is 12.1 Å². The molecular weight excluding hydrogens is 273 g/mol. The molecule has 0 radical (unpaired) electrons. The van der Waals surface area contributed by atoms with Crippen molar-refractivity contribution >= 4 is 11.4 Å². The third kappa shape index (κ3) is 2.96. The lowest BCUT2D eigenvalue weighted by Gasteiger charge is -2.16. The number of alkyl halides is 3. The Labute approximate surface area is 103 Å². The Kier molecular flexibility index (Phi) is 3.75. The monoisotopic (exact) mass is 280 g/mol. The molecule has 7 nitrogen and oxygen atoms in total. The number of rotatable bonds is 3. The van der Waals surface area contributed by atoms with Crippen LogP contribution in [0.5, 0.6) is 0 Å². The van der Waals surface area contributed by atoms with Crippen molar-refractivity contribution in [2.45, 2.75) is 19.2 Å². The maximum atomic E-state index is 12.4. The molecule has 0 bridgehead atoms. The van der Waals surface area contributed by atoms with Crippen LogP contribution in [0.1, 0.15) is 17.2 Å². The molecule has 0 heterocycles. The van der Waals surface area contributed by atoms with Crippen LogP contribution >= 0.6 is 0 Å². The highest BCUT2D eigenvalue weighted by Crippen LogP contribution is 2.38. The molecule has 0 aliphatic heterocycles. The van der Waals surface area contributed by atoms with Crippen LogP contribution in [-0.4, -0.2) is 21.1 Å². The molecular formula is C9H7F3N2O5. The number of benzene rings is 1. The fraction of sp³-hybridized carbons (Fsp3) is 0.333. The van der Waals surface area contributed by atoms with Gasteiger partial charge in [-0.2, -0.15) is 13.2 Å². The van der Waals surface area contributed by atoms with E-state index in [1.54, 1.807) is 0 Å². The zero-order chi connectivity index (χ0) is 15.0. The number of nitro groups is 2. The summed E-state index contributed by atoms with van der Waals surface area (Å²) in [7, 11) is 0. The van der Waals surface area contributed by atoms with Crippen LogP contribution in [0.2, 0.25) is 0 Å². The molecule has 0 unspecified atom stereocenters. The Balaban J connectivity index is 3.55. The molecule has 0 amide bonds. The second-order valence-electron chi connectivity index (χ2n) is 3.64. The topological polar surface area (TPSA) is 107 Å². The molecule has 104 valence electrons. The van der Waals surface area contributed by atoms with Gasteiger partial charge in [0, 0.05) is 17.2 Å². The van der Waals surface area contributed by atoms with Crippen LogP contribution in [0, 0.1) is 27.2 Å². The number of hydrogen-bond donors (Lipinski definition) is 1. The average Bonchev–Trinajstić information content (AvgIpc) is 2.26. The van der Waals surface area contributed by atoms with Gasteiger partial charge in [-0.1, -0.05) is 0 Å². The summed E-state index contributed by atoms with van der Waals surface area (Å²) in [5, 5.41) is 30.3. The lowest BCUT2D eigenvalue weighted by atomic mass is 10.0. The average molecular weight is 280 g/mol. The van der Waals surface area contributed by atoms with E-state index in [0.717, 1.165) is 6.92 Å². The number of nitro benzene ring substituents is 2. The highest BCUT2D eigenvalue weighted by molar-refractivity contribution is 5.54. The number of nitrogens with zero attached hydrogens (tertiary/aromatic N) is 2. The van der Waals surface area contributed by atoms with E-state index in [1.807, 2.05) is 0 Å². The molecule has 0 aliphatic rings. The van der Waals surface area contributed by atoms with Crippen molar-refractivity contribution in [2.24, 2.45) is 0 Å². The van der Waals surface area contributed by atoms with Crippen LogP contribution in [0.15, 0.2) is 12.1 Å². The lowest BCUT2D eigenvalue weighted by molar-refractivity contribution is -0.394. The van der Waals surface area contributed by atoms with Gasteiger partial charge in [0.15, 0.2) is 6.10 Å². The molecule has 1 atom stereocenters. The number of aliphatic hydroxyl groups excluding tert-OH is 1. The Morgan fingerprint density at radius 3 is 2.11 bits per heavy atom. The third-order valence-electron chi connectivity index (χ3n) is 2.42. The second kappa shape index (κ2) is 4.80. The minimum Gasteiger partial charge on any atom is -0.379 e. The molecule has 0 spiro atoms. The molecule has 0 aromatic heterocycles. The smallest absolute Gasteiger partial charge is 0.379 e. The molecule has 0 fully saturated rings. The van der Waals surface area contributed by atoms with E-state index in [-0.39, 0.29) is 0 Å². The summed E-state index contributed by atoms with van der Waals surface area (Å²) in [6.45, 7) is 0.978. The van der Waals surface area contributed by atoms with Crippen molar-refractivity contribution in [1.82, 2.24) is 0 Å². The standard InChI is InChI=1S/C9H7F3N2O5/c1-4-6(8(15)9(10,11)12)2-5(13(16)17)3-7(4)14(18)19/h2-3,8,15H,1H3/t8-/m0/s1. The molecule has 0 saturated heterocycles. The van der Waals surface area contributed by atoms with Gasteiger partial charge in [0.25, 0.3) is 11.4 Å². The highest BCUT2D eigenvalue weighted by atomic mass is 19.4. The molecule has 1 aromatic carbocycles. The first-order valence-electron chi connectivity index (χ1n) is 4.73. The van der Waals surface area contributed by atoms with Gasteiger partial charge in [0.2, 0.25) is 0 Å². The summed E-state index contributed by atoms with van der Waals surface area (Å²) in [6.07, 6.45) is -8.10. The van der Waals surface area contributed by atoms with Gasteiger partial charge in [-0.15, -0.1) is 0 Å². The van der Waals surface area contributed by atoms with E-state index in [2.05, 4.69) is 0 Å². The van der Waals surface area contributed by atoms with Crippen molar-refractivity contribution in [2.75, 3.05) is 0 Å². The predicted octanol–water partition coefficient (Wildman–Crippen LogP) is 2.41. The Morgan fingerprint density at radius 2 is 1.74 bits per heavy atom. The molecule has 19 heavy (non-hydrogen) atoms. The summed E-state index contributed by atoms with van der Waals surface area (Å²) >= 11 is 0. The van der Waals surface area contributed by atoms with E-state index in [9.17, 15) is 33.4 Å². The summed E-state index contributed by atoms with van der Waals surface area (Å²) < 4.78 is 37.2. The van der Waals surface area contributed by atoms with E-state index in [4.69, 9.17) is 5.11 Å². The van der Waals surface area contributed by atoms with Crippen LogP contribution in [0.4, 0.5) is 24.5 Å². The van der Waals surface area contributed by atoms with Gasteiger partial charge >= 0.3 is 6.18 Å². The van der Waals surface area contributed by atoms with Crippen LogP contribution < -0.4 is 0 Å². The Hall–Kier alpha value is -2.23. The molecule has 1 aromatic rings. The zero-order valence-corrected chi connectivity index (χ0v) is 9.34. The quantitative estimate of drug-likeness (QED) is 0.675. The third-order valence-corrected chi connectivity index (χ3v) is 2.42. The molecule has 0 saturated carbocycles. The highest BCUT2D eigenvalue weighted by Gasteiger charge is 2.42. The van der Waals surface area contributed by atoms with Gasteiger partial charge < -0.3 is 5.11 Å². The fourth-order valence-corrected chi connectivity index (χ4v) is 1.46. The second-order valence-corrected chi connectivity index (χ2v) is 3.64. The van der Waals surface area contributed by atoms with Crippen LogP contribution in [-0.2, 0) is 0 Å². The SMILES string of the molecule is Cc1c([C@H](O)C(F)(F)F)cc([N+](=O)[O-])cc1[N+](=O)[O-]. The van der Waals surface area contributed by atoms with Crippen molar-refractivity contribution in [3.63, 3.8) is 0 Å². The normalized spacial score (nSPS) is 13.1. The van der Waals surface area contributed by atoms with E-state index in [1.165, 1.54) is 0 Å². The largest absolute Gasteiger partial charge is 0.418 e. The number of aliphatic hydroxyl groups is 1. The maximum Gasteiger partial charge on any atom is 0.418 e. The predicted molar refractivity (Wildman–Crippen MR) is 55.5 cm³/mol. The summed E-state index contributed by atoms with van der Waals surface area (Å²) in [6, 6.07) is 1.02. The minimum absolute atomic E-state index is 0.472. The Morgan fingerprint density at radius 1 is 1.21 bits per heavy atom. The van der Waals surface area contributed by atoms with Gasteiger partial charge in [-0.3, -0.25) is 20.2 Å². The summed E-state index contributed by atoms with van der Waals surface area (Å²) in [5.74, 6) is 0. The minimum atomic E-state index is -5.08. The van der Waals surface area contributed by atoms with Crippen molar-refractivity contribution in [3.8, 4) is 0 Å². The van der Waals surface area contributed by atoms with Crippen LogP contribution in [0.3, 0.4) is 0 Å². The molecule has 10 heteroatoms. The van der Waals surface area contributed by atoms with Crippen molar-refractivity contribution in [3.05, 3.63) is 43.5 Å². The van der Waals surface area contributed by atoms with Gasteiger partial charge in [0.1, 0.15) is 0 Å². The van der Waals surface area contributed by atoms with Crippen molar-refractivity contribution in [1.29, 1.82) is 0 Å². The maximum absolute atomic E-state index is 12.4. The molecule has 0 aliphatic carbocycles. The van der Waals surface area contributed by atoms with Crippen molar-refractivity contribution < 1.29 is 28.1 Å². The lowest BCUT2D eigenvalue weighted by Crippen LogP contribution is -2.21.